The Kier molecular flexibility index (Phi) is 4.59. The number of carboxylic acid groups (broad SMARTS) is 1. The number of hydrogen-bond donors (Lipinski definition) is 2. The Balaban J connectivity index is 1.30. The van der Waals surface area contributed by atoms with E-state index in [0.717, 1.165) is 11.1 Å². The maximum Gasteiger partial charge on any atom is 0.411 e. The third kappa shape index (κ3) is 3.48. The van der Waals surface area contributed by atoms with Crippen LogP contribution in [0, 0.1) is 0 Å². The van der Waals surface area contributed by atoms with Gasteiger partial charge in [0.15, 0.2) is 0 Å². The molecule has 0 radical (unpaired) electrons. The fourth-order valence-corrected chi connectivity index (χ4v) is 4.07. The Hall–Kier alpha value is -4.19. The highest BCUT2D eigenvalue weighted by atomic mass is 16.5. The Morgan fingerprint density at radius 2 is 1.61 bits per heavy atom. The molecule has 4 aromatic rings. The normalized spacial score (nSPS) is 12.3. The van der Waals surface area contributed by atoms with E-state index in [1.54, 1.807) is 24.3 Å². The number of benzene rings is 3. The molecule has 2 N–H and O–H groups in total. The van der Waals surface area contributed by atoms with E-state index < -0.39 is 12.1 Å². The van der Waals surface area contributed by atoms with E-state index >= 15 is 0 Å². The second-order valence-corrected chi connectivity index (χ2v) is 7.39. The van der Waals surface area contributed by atoms with Crippen molar-refractivity contribution in [2.24, 2.45) is 0 Å². The van der Waals surface area contributed by atoms with Gasteiger partial charge in [0.05, 0.1) is 11.1 Å². The third-order valence-electron chi connectivity index (χ3n) is 5.52. The minimum absolute atomic E-state index is 0.00846. The van der Waals surface area contributed by atoms with Gasteiger partial charge in [0, 0.05) is 23.2 Å². The summed E-state index contributed by atoms with van der Waals surface area (Å²) in [6.45, 7) is 0.230. The number of carbonyl (C=O) groups excluding carboxylic acids is 1. The molecular weight excluding hydrogens is 392 g/mol. The predicted molar refractivity (Wildman–Crippen MR) is 117 cm³/mol. The molecule has 0 spiro atoms. The highest BCUT2D eigenvalue weighted by molar-refractivity contribution is 5.94. The number of hydrogen-bond acceptors (Lipinski definition) is 4. The lowest BCUT2D eigenvalue weighted by atomic mass is 9.98. The zero-order valence-electron chi connectivity index (χ0n) is 16.4. The Morgan fingerprint density at radius 3 is 2.29 bits per heavy atom. The molecule has 5 rings (SSSR count). The Labute approximate surface area is 178 Å². The molecule has 6 nitrogen and oxygen atoms in total. The number of aromatic nitrogens is 1. The summed E-state index contributed by atoms with van der Waals surface area (Å²) < 4.78 is 5.56. The summed E-state index contributed by atoms with van der Waals surface area (Å²) >= 11 is 0. The van der Waals surface area contributed by atoms with Crippen molar-refractivity contribution in [1.29, 1.82) is 0 Å². The molecule has 0 unspecified atom stereocenters. The van der Waals surface area contributed by atoms with Crippen molar-refractivity contribution in [3.8, 4) is 11.1 Å². The van der Waals surface area contributed by atoms with Gasteiger partial charge < -0.3 is 9.84 Å². The number of nitrogens with zero attached hydrogens (tertiary/aromatic N) is 1. The molecule has 1 heterocycles. The number of carboxylic acids is 1. The number of amides is 1. The number of rotatable bonds is 4. The molecule has 1 aromatic heterocycles. The van der Waals surface area contributed by atoms with Crippen LogP contribution >= 0.6 is 0 Å². The van der Waals surface area contributed by atoms with Crippen LogP contribution in [0.2, 0.25) is 0 Å². The zero-order chi connectivity index (χ0) is 21.4. The first-order chi connectivity index (χ1) is 15.1. The van der Waals surface area contributed by atoms with E-state index in [2.05, 4.69) is 34.6 Å². The highest BCUT2D eigenvalue weighted by Crippen LogP contribution is 2.44. The fourth-order valence-electron chi connectivity index (χ4n) is 4.07. The van der Waals surface area contributed by atoms with Gasteiger partial charge >= 0.3 is 12.1 Å². The monoisotopic (exact) mass is 410 g/mol. The first kappa shape index (κ1) is 18.8. The van der Waals surface area contributed by atoms with Crippen molar-refractivity contribution in [3.63, 3.8) is 0 Å². The van der Waals surface area contributed by atoms with Crippen LogP contribution in [-0.2, 0) is 4.74 Å². The van der Waals surface area contributed by atoms with E-state index in [1.807, 2.05) is 24.3 Å². The first-order valence-corrected chi connectivity index (χ1v) is 9.85. The van der Waals surface area contributed by atoms with Crippen LogP contribution in [-0.4, -0.2) is 28.8 Å². The number of ether oxygens (including phenoxy) is 1. The number of carbonyl (C=O) groups is 2. The summed E-state index contributed by atoms with van der Waals surface area (Å²) in [5.41, 5.74) is 5.88. The van der Waals surface area contributed by atoms with Crippen molar-refractivity contribution in [3.05, 3.63) is 95.7 Å². The van der Waals surface area contributed by atoms with E-state index in [-0.39, 0.29) is 18.1 Å². The molecule has 152 valence electrons. The van der Waals surface area contributed by atoms with Crippen molar-refractivity contribution in [1.82, 2.24) is 4.98 Å². The van der Waals surface area contributed by atoms with Crippen LogP contribution in [0.3, 0.4) is 0 Å². The molecule has 0 saturated heterocycles. The number of anilines is 1. The van der Waals surface area contributed by atoms with Crippen LogP contribution in [0.1, 0.15) is 27.4 Å². The molecule has 0 fully saturated rings. The van der Waals surface area contributed by atoms with Gasteiger partial charge in [-0.1, -0.05) is 54.6 Å². The minimum atomic E-state index is -1.03. The van der Waals surface area contributed by atoms with Crippen LogP contribution in [0.4, 0.5) is 10.5 Å². The SMILES string of the molecule is O=C(Nc1ccc2cc(C(=O)O)cnc2c1)OCC1c2ccccc2-c2ccccc21. The van der Waals surface area contributed by atoms with Gasteiger partial charge in [-0.05, 0) is 40.5 Å². The molecule has 0 saturated carbocycles. The minimum Gasteiger partial charge on any atom is -0.478 e. The molecule has 3 aromatic carbocycles. The summed E-state index contributed by atoms with van der Waals surface area (Å²) in [6, 6.07) is 23.0. The molecule has 31 heavy (non-hydrogen) atoms. The lowest BCUT2D eigenvalue weighted by Crippen LogP contribution is -2.17. The van der Waals surface area contributed by atoms with Crippen LogP contribution in [0.5, 0.6) is 0 Å². The first-order valence-electron chi connectivity index (χ1n) is 9.85. The standard InChI is InChI=1S/C25H18N2O4/c28-24(29)16-11-15-9-10-17(12-23(15)26-13-16)27-25(30)31-14-22-20-7-3-1-5-18(20)19-6-2-4-8-21(19)22/h1-13,22H,14H2,(H,27,30)(H,28,29). The van der Waals surface area contributed by atoms with Gasteiger partial charge in [-0.25, -0.2) is 9.59 Å². The van der Waals surface area contributed by atoms with Crippen LogP contribution < -0.4 is 5.32 Å². The molecule has 1 amide bonds. The zero-order valence-corrected chi connectivity index (χ0v) is 16.4. The van der Waals surface area contributed by atoms with Crippen molar-refractivity contribution in [2.45, 2.75) is 5.92 Å². The predicted octanol–water partition coefficient (Wildman–Crippen LogP) is 5.29. The molecule has 0 aliphatic heterocycles. The molecule has 0 atom stereocenters. The van der Waals surface area contributed by atoms with Gasteiger partial charge in [0.1, 0.15) is 6.61 Å². The van der Waals surface area contributed by atoms with Crippen molar-refractivity contribution in [2.75, 3.05) is 11.9 Å². The molecule has 6 heteroatoms. The van der Waals surface area contributed by atoms with E-state index in [4.69, 9.17) is 9.84 Å². The molecular formula is C25H18N2O4. The second-order valence-electron chi connectivity index (χ2n) is 7.39. The average Bonchev–Trinajstić information content (AvgIpc) is 3.11. The lowest BCUT2D eigenvalue weighted by molar-refractivity contribution is 0.0696. The Bertz CT molecular complexity index is 1290. The lowest BCUT2D eigenvalue weighted by Gasteiger charge is -2.14. The number of pyridine rings is 1. The molecule has 1 aliphatic carbocycles. The highest BCUT2D eigenvalue weighted by Gasteiger charge is 2.29. The number of nitrogens with one attached hydrogen (secondary N) is 1. The van der Waals surface area contributed by atoms with Crippen molar-refractivity contribution < 1.29 is 19.4 Å². The van der Waals surface area contributed by atoms with Gasteiger partial charge in [0.25, 0.3) is 0 Å². The van der Waals surface area contributed by atoms with E-state index in [9.17, 15) is 9.59 Å². The number of fused-ring (bicyclic) bond motifs is 4. The summed E-state index contributed by atoms with van der Waals surface area (Å²) in [7, 11) is 0. The second kappa shape index (κ2) is 7.57. The summed E-state index contributed by atoms with van der Waals surface area (Å²) in [5, 5.41) is 12.5. The quantitative estimate of drug-likeness (QED) is 0.477. The number of aromatic carboxylic acids is 1. The van der Waals surface area contributed by atoms with E-state index in [1.165, 1.54) is 17.3 Å². The fraction of sp³-hybridized carbons (Fsp3) is 0.0800. The Morgan fingerprint density at radius 1 is 0.935 bits per heavy atom. The van der Waals surface area contributed by atoms with Gasteiger partial charge in [-0.2, -0.15) is 0 Å². The van der Waals surface area contributed by atoms with Gasteiger partial charge in [-0.3, -0.25) is 10.3 Å². The smallest absolute Gasteiger partial charge is 0.411 e. The molecule has 1 aliphatic rings. The van der Waals surface area contributed by atoms with Gasteiger partial charge in [0.2, 0.25) is 0 Å². The molecule has 0 bridgehead atoms. The van der Waals surface area contributed by atoms with E-state index in [0.29, 0.717) is 16.6 Å². The largest absolute Gasteiger partial charge is 0.478 e. The van der Waals surface area contributed by atoms with Crippen LogP contribution in [0.25, 0.3) is 22.0 Å². The van der Waals surface area contributed by atoms with Crippen LogP contribution in [0.15, 0.2) is 79.0 Å². The third-order valence-corrected chi connectivity index (χ3v) is 5.52. The summed E-state index contributed by atoms with van der Waals surface area (Å²) in [4.78, 5) is 27.7. The van der Waals surface area contributed by atoms with Gasteiger partial charge in [-0.15, -0.1) is 0 Å². The maximum absolute atomic E-state index is 12.4. The maximum atomic E-state index is 12.4. The summed E-state index contributed by atoms with van der Waals surface area (Å²) in [5.74, 6) is -1.04. The average molecular weight is 410 g/mol. The van der Waals surface area contributed by atoms with Crippen molar-refractivity contribution >= 4 is 28.7 Å². The summed E-state index contributed by atoms with van der Waals surface area (Å²) in [6.07, 6.45) is 0.741. The topological polar surface area (TPSA) is 88.5 Å².